The van der Waals surface area contributed by atoms with Crippen molar-refractivity contribution >= 4 is 23.6 Å². The molecule has 1 aliphatic heterocycles. The molecular formula is C9H10ClN3. The lowest BCUT2D eigenvalue weighted by Crippen LogP contribution is -2.17. The predicted molar refractivity (Wildman–Crippen MR) is 53.6 cm³/mol. The summed E-state index contributed by atoms with van der Waals surface area (Å²) in [6.07, 6.45) is 6.51. The van der Waals surface area contributed by atoms with Crippen LogP contribution in [0, 0.1) is 0 Å². The average molecular weight is 196 g/mol. The summed E-state index contributed by atoms with van der Waals surface area (Å²) >= 11 is 5.88. The zero-order chi connectivity index (χ0) is 8.84. The third-order valence-electron chi connectivity index (χ3n) is 2.49. The van der Waals surface area contributed by atoms with E-state index in [1.54, 1.807) is 0 Å². The SMILES string of the molecule is ClC1N=Cc2ccn(C3CC3)c2N1. The fourth-order valence-electron chi connectivity index (χ4n) is 1.68. The Morgan fingerprint density at radius 2 is 2.38 bits per heavy atom. The summed E-state index contributed by atoms with van der Waals surface area (Å²) in [6.45, 7) is 0. The van der Waals surface area contributed by atoms with Crippen LogP contribution in [0.25, 0.3) is 0 Å². The predicted octanol–water partition coefficient (Wildman–Crippen LogP) is 2.19. The number of aliphatic imine (C=N–C) groups is 1. The molecule has 1 aromatic rings. The van der Waals surface area contributed by atoms with E-state index in [1.165, 1.54) is 12.8 Å². The topological polar surface area (TPSA) is 29.3 Å². The Morgan fingerprint density at radius 3 is 3.15 bits per heavy atom. The first-order valence-electron chi connectivity index (χ1n) is 4.49. The summed E-state index contributed by atoms with van der Waals surface area (Å²) in [4.78, 5) is 4.08. The van der Waals surface area contributed by atoms with E-state index in [0.717, 1.165) is 11.4 Å². The van der Waals surface area contributed by atoms with Crippen LogP contribution in [0.15, 0.2) is 17.3 Å². The molecule has 0 aromatic carbocycles. The number of alkyl halides is 1. The van der Waals surface area contributed by atoms with Gasteiger partial charge in [-0.05, 0) is 18.9 Å². The van der Waals surface area contributed by atoms with Crippen molar-refractivity contribution in [1.29, 1.82) is 0 Å². The summed E-state index contributed by atoms with van der Waals surface area (Å²) in [5.41, 5.74) is 0.837. The summed E-state index contributed by atoms with van der Waals surface area (Å²) < 4.78 is 2.26. The second-order valence-corrected chi connectivity index (χ2v) is 3.93. The van der Waals surface area contributed by atoms with Crippen LogP contribution in [0.3, 0.4) is 0 Å². The smallest absolute Gasteiger partial charge is 0.196 e. The zero-order valence-corrected chi connectivity index (χ0v) is 7.83. The van der Waals surface area contributed by atoms with E-state index in [4.69, 9.17) is 11.6 Å². The Hall–Kier alpha value is -0.960. The van der Waals surface area contributed by atoms with E-state index in [-0.39, 0.29) is 5.62 Å². The van der Waals surface area contributed by atoms with Gasteiger partial charge in [0, 0.05) is 24.0 Å². The van der Waals surface area contributed by atoms with Crippen LogP contribution in [-0.4, -0.2) is 16.4 Å². The van der Waals surface area contributed by atoms with Crippen LogP contribution >= 0.6 is 11.6 Å². The molecule has 0 spiro atoms. The summed E-state index contributed by atoms with van der Waals surface area (Å²) in [5, 5.41) is 3.16. The standard InChI is InChI=1S/C9H10ClN3/c10-9-11-5-6-3-4-13(7-1-2-7)8(6)12-9/h3-5,7,9,12H,1-2H2. The molecule has 0 bridgehead atoms. The van der Waals surface area contributed by atoms with Crippen LogP contribution < -0.4 is 5.32 Å². The number of halogens is 1. The molecule has 2 aliphatic rings. The Bertz CT molecular complexity index is 365. The number of aromatic nitrogens is 1. The van der Waals surface area contributed by atoms with Crippen LogP contribution in [0.1, 0.15) is 24.4 Å². The number of hydrogen-bond donors (Lipinski definition) is 1. The molecule has 13 heavy (non-hydrogen) atoms. The molecule has 1 atom stereocenters. The molecular weight excluding hydrogens is 186 g/mol. The number of anilines is 1. The quantitative estimate of drug-likeness (QED) is 0.540. The minimum absolute atomic E-state index is 0.306. The highest BCUT2D eigenvalue weighted by Crippen LogP contribution is 2.39. The molecule has 1 aromatic heterocycles. The van der Waals surface area contributed by atoms with Crippen molar-refractivity contribution in [3.63, 3.8) is 0 Å². The lowest BCUT2D eigenvalue weighted by Gasteiger charge is -2.17. The van der Waals surface area contributed by atoms with Gasteiger partial charge in [-0.25, -0.2) is 0 Å². The van der Waals surface area contributed by atoms with Crippen molar-refractivity contribution in [3.8, 4) is 0 Å². The lowest BCUT2D eigenvalue weighted by molar-refractivity contribution is 0.746. The second-order valence-electron chi connectivity index (χ2n) is 3.52. The normalized spacial score (nSPS) is 25.5. The van der Waals surface area contributed by atoms with Gasteiger partial charge in [0.25, 0.3) is 0 Å². The first-order chi connectivity index (χ1) is 6.34. The molecule has 0 radical (unpaired) electrons. The minimum Gasteiger partial charge on any atom is -0.337 e. The van der Waals surface area contributed by atoms with Gasteiger partial charge in [0.2, 0.25) is 0 Å². The van der Waals surface area contributed by atoms with Crippen molar-refractivity contribution in [2.75, 3.05) is 5.32 Å². The highest BCUT2D eigenvalue weighted by atomic mass is 35.5. The van der Waals surface area contributed by atoms with Crippen LogP contribution in [0.4, 0.5) is 5.82 Å². The van der Waals surface area contributed by atoms with Crippen molar-refractivity contribution in [3.05, 3.63) is 17.8 Å². The number of nitrogens with one attached hydrogen (secondary N) is 1. The maximum absolute atomic E-state index is 5.88. The molecule has 2 heterocycles. The highest BCUT2D eigenvalue weighted by molar-refractivity contribution is 6.22. The molecule has 68 valence electrons. The minimum atomic E-state index is -0.306. The van der Waals surface area contributed by atoms with Gasteiger partial charge in [-0.1, -0.05) is 11.6 Å². The molecule has 1 unspecified atom stereocenters. The van der Waals surface area contributed by atoms with Crippen LogP contribution in [0.5, 0.6) is 0 Å². The monoisotopic (exact) mass is 195 g/mol. The zero-order valence-electron chi connectivity index (χ0n) is 7.07. The largest absolute Gasteiger partial charge is 0.337 e. The second kappa shape index (κ2) is 2.51. The van der Waals surface area contributed by atoms with Gasteiger partial charge in [-0.15, -0.1) is 0 Å². The van der Waals surface area contributed by atoms with E-state index in [1.807, 2.05) is 6.21 Å². The molecule has 4 heteroatoms. The van der Waals surface area contributed by atoms with E-state index in [2.05, 4.69) is 27.1 Å². The maximum atomic E-state index is 5.88. The van der Waals surface area contributed by atoms with E-state index in [0.29, 0.717) is 6.04 Å². The number of rotatable bonds is 1. The number of fused-ring (bicyclic) bond motifs is 1. The lowest BCUT2D eigenvalue weighted by atomic mass is 10.3. The molecule has 0 amide bonds. The Labute approximate surface area is 81.4 Å². The van der Waals surface area contributed by atoms with Crippen molar-refractivity contribution in [1.82, 2.24) is 4.57 Å². The highest BCUT2D eigenvalue weighted by Gasteiger charge is 2.27. The first kappa shape index (κ1) is 7.44. The fraction of sp³-hybridized carbons (Fsp3) is 0.444. The van der Waals surface area contributed by atoms with Gasteiger partial charge in [0.15, 0.2) is 5.62 Å². The molecule has 3 nitrogen and oxygen atoms in total. The van der Waals surface area contributed by atoms with E-state index in [9.17, 15) is 0 Å². The Kier molecular flexibility index (Phi) is 1.44. The fourth-order valence-corrected chi connectivity index (χ4v) is 1.84. The average Bonchev–Trinajstić information content (AvgIpc) is 2.87. The van der Waals surface area contributed by atoms with Gasteiger partial charge in [-0.2, -0.15) is 0 Å². The van der Waals surface area contributed by atoms with Crippen LogP contribution in [0.2, 0.25) is 0 Å². The Morgan fingerprint density at radius 1 is 1.54 bits per heavy atom. The third kappa shape index (κ3) is 1.15. The third-order valence-corrected chi connectivity index (χ3v) is 2.71. The maximum Gasteiger partial charge on any atom is 0.196 e. The van der Waals surface area contributed by atoms with Crippen molar-refractivity contribution < 1.29 is 0 Å². The van der Waals surface area contributed by atoms with E-state index < -0.39 is 0 Å². The van der Waals surface area contributed by atoms with Gasteiger partial charge in [0.1, 0.15) is 5.82 Å². The molecule has 1 aliphatic carbocycles. The molecule has 1 saturated carbocycles. The molecule has 3 rings (SSSR count). The first-order valence-corrected chi connectivity index (χ1v) is 4.93. The van der Waals surface area contributed by atoms with E-state index >= 15 is 0 Å². The van der Waals surface area contributed by atoms with Crippen molar-refractivity contribution in [2.45, 2.75) is 24.5 Å². The Balaban J connectivity index is 2.05. The van der Waals surface area contributed by atoms with Gasteiger partial charge >= 0.3 is 0 Å². The summed E-state index contributed by atoms with van der Waals surface area (Å²) in [5.74, 6) is 1.12. The van der Waals surface area contributed by atoms with Crippen molar-refractivity contribution in [2.24, 2.45) is 4.99 Å². The van der Waals surface area contributed by atoms with Crippen LogP contribution in [-0.2, 0) is 0 Å². The van der Waals surface area contributed by atoms with Gasteiger partial charge in [-0.3, -0.25) is 4.99 Å². The summed E-state index contributed by atoms with van der Waals surface area (Å²) in [6, 6.07) is 2.76. The molecule has 0 saturated heterocycles. The molecule has 1 fully saturated rings. The van der Waals surface area contributed by atoms with Gasteiger partial charge < -0.3 is 9.88 Å². The molecule has 1 N–H and O–H groups in total. The summed E-state index contributed by atoms with van der Waals surface area (Å²) in [7, 11) is 0. The number of hydrogen-bond acceptors (Lipinski definition) is 2. The van der Waals surface area contributed by atoms with Gasteiger partial charge in [0.05, 0.1) is 0 Å². The number of nitrogens with zero attached hydrogens (tertiary/aromatic N) is 2.